The lowest BCUT2D eigenvalue weighted by atomic mass is 9.93. The summed E-state index contributed by atoms with van der Waals surface area (Å²) in [6, 6.07) is 3.74. The maximum absolute atomic E-state index is 12.2. The molecule has 1 N–H and O–H groups in total. The first-order valence-corrected chi connectivity index (χ1v) is 7.07. The van der Waals surface area contributed by atoms with Crippen molar-refractivity contribution < 1.29 is 13.6 Å². The lowest BCUT2D eigenvalue weighted by Gasteiger charge is -2.22. The van der Waals surface area contributed by atoms with Gasteiger partial charge in [0.15, 0.2) is 10.4 Å². The van der Waals surface area contributed by atoms with E-state index in [1.807, 2.05) is 13.0 Å². The molecule has 0 fully saturated rings. The van der Waals surface area contributed by atoms with Gasteiger partial charge in [0.1, 0.15) is 5.76 Å². The Morgan fingerprint density at radius 3 is 3.11 bits per heavy atom. The fraction of sp³-hybridized carbons (Fsp3) is 0.357. The molecule has 2 aromatic rings. The molecule has 0 saturated heterocycles. The third-order valence-electron chi connectivity index (χ3n) is 3.45. The summed E-state index contributed by atoms with van der Waals surface area (Å²) >= 11 is 3.23. The van der Waals surface area contributed by atoms with Crippen LogP contribution >= 0.6 is 15.9 Å². The molecule has 0 aromatic carbocycles. The van der Waals surface area contributed by atoms with Crippen LogP contribution in [0.25, 0.3) is 0 Å². The number of fused-ring (bicyclic) bond motifs is 1. The summed E-state index contributed by atoms with van der Waals surface area (Å²) in [5.74, 6) is 1.17. The molecule has 0 saturated carbocycles. The molecule has 2 aromatic heterocycles. The van der Waals surface area contributed by atoms with E-state index in [0.29, 0.717) is 10.4 Å². The van der Waals surface area contributed by atoms with Crippen LogP contribution in [0.4, 0.5) is 0 Å². The Morgan fingerprint density at radius 1 is 1.53 bits per heavy atom. The molecule has 100 valence electrons. The van der Waals surface area contributed by atoms with E-state index in [1.54, 1.807) is 12.3 Å². The summed E-state index contributed by atoms with van der Waals surface area (Å²) in [6.45, 7) is 1.85. The molecule has 1 aliphatic carbocycles. The van der Waals surface area contributed by atoms with Gasteiger partial charge in [0.25, 0.3) is 5.91 Å². The van der Waals surface area contributed by atoms with Crippen LogP contribution in [0.15, 0.2) is 31.9 Å². The van der Waals surface area contributed by atoms with Crippen LogP contribution in [0.2, 0.25) is 0 Å². The minimum atomic E-state index is -0.178. The second-order valence-corrected chi connectivity index (χ2v) is 5.56. The molecule has 19 heavy (non-hydrogen) atoms. The largest absolute Gasteiger partial charge is 0.469 e. The second kappa shape index (κ2) is 4.89. The number of hydrogen-bond acceptors (Lipinski definition) is 3. The number of nitrogens with one attached hydrogen (secondary N) is 1. The van der Waals surface area contributed by atoms with Gasteiger partial charge in [-0.15, -0.1) is 0 Å². The van der Waals surface area contributed by atoms with Crippen LogP contribution in [0.1, 0.15) is 46.3 Å². The first kappa shape index (κ1) is 12.5. The number of halogens is 1. The van der Waals surface area contributed by atoms with Crippen molar-refractivity contribution in [3.05, 3.63) is 45.7 Å². The van der Waals surface area contributed by atoms with Crippen LogP contribution in [0.5, 0.6) is 0 Å². The van der Waals surface area contributed by atoms with E-state index in [-0.39, 0.29) is 11.9 Å². The fourth-order valence-electron chi connectivity index (χ4n) is 2.53. The van der Waals surface area contributed by atoms with Crippen LogP contribution in [0.3, 0.4) is 0 Å². The molecule has 1 atom stereocenters. The molecular weight excluding hydrogens is 310 g/mol. The van der Waals surface area contributed by atoms with E-state index in [1.165, 1.54) is 0 Å². The SMILES string of the molecule is Cc1cc(Br)oc1C(=O)NC1CCCc2occc21. The van der Waals surface area contributed by atoms with E-state index in [2.05, 4.69) is 21.2 Å². The number of carbonyl (C=O) groups excluding carboxylic acids is 1. The monoisotopic (exact) mass is 323 g/mol. The normalized spacial score (nSPS) is 18.1. The van der Waals surface area contributed by atoms with Gasteiger partial charge in [-0.05, 0) is 47.8 Å². The fourth-order valence-corrected chi connectivity index (χ4v) is 3.03. The van der Waals surface area contributed by atoms with Crippen molar-refractivity contribution in [1.82, 2.24) is 5.32 Å². The van der Waals surface area contributed by atoms with Crippen molar-refractivity contribution in [1.29, 1.82) is 0 Å². The zero-order chi connectivity index (χ0) is 13.4. The van der Waals surface area contributed by atoms with Gasteiger partial charge in [-0.2, -0.15) is 0 Å². The summed E-state index contributed by atoms with van der Waals surface area (Å²) in [7, 11) is 0. The van der Waals surface area contributed by atoms with Crippen LogP contribution in [0, 0.1) is 6.92 Å². The standard InChI is InChI=1S/C14H14BrNO3/c1-8-7-12(15)19-13(8)14(17)16-10-3-2-4-11-9(10)5-6-18-11/h5-7,10H,2-4H2,1H3,(H,16,17). The number of hydrogen-bond donors (Lipinski definition) is 1. The number of aryl methyl sites for hydroxylation is 2. The summed E-state index contributed by atoms with van der Waals surface area (Å²) in [6.07, 6.45) is 4.58. The molecule has 0 spiro atoms. The molecule has 4 nitrogen and oxygen atoms in total. The molecule has 3 rings (SSSR count). The summed E-state index contributed by atoms with van der Waals surface area (Å²) in [5, 5.41) is 3.02. The van der Waals surface area contributed by atoms with Gasteiger partial charge >= 0.3 is 0 Å². The topological polar surface area (TPSA) is 55.4 Å². The number of rotatable bonds is 2. The third-order valence-corrected chi connectivity index (χ3v) is 3.84. The Labute approximate surface area is 119 Å². The molecule has 5 heteroatoms. The molecule has 1 amide bonds. The minimum Gasteiger partial charge on any atom is -0.469 e. The molecule has 0 bridgehead atoms. The van der Waals surface area contributed by atoms with Crippen molar-refractivity contribution in [3.8, 4) is 0 Å². The smallest absolute Gasteiger partial charge is 0.287 e. The molecule has 2 heterocycles. The Morgan fingerprint density at radius 2 is 2.37 bits per heavy atom. The number of carbonyl (C=O) groups is 1. The van der Waals surface area contributed by atoms with Gasteiger partial charge in [0, 0.05) is 17.5 Å². The van der Waals surface area contributed by atoms with Crippen LogP contribution in [-0.2, 0) is 6.42 Å². The Hall–Kier alpha value is -1.49. The van der Waals surface area contributed by atoms with Crippen LogP contribution in [-0.4, -0.2) is 5.91 Å². The van der Waals surface area contributed by atoms with Gasteiger partial charge in [-0.25, -0.2) is 0 Å². The van der Waals surface area contributed by atoms with Crippen molar-refractivity contribution in [2.24, 2.45) is 0 Å². The number of amides is 1. The first-order valence-electron chi connectivity index (χ1n) is 6.28. The molecule has 1 unspecified atom stereocenters. The summed E-state index contributed by atoms with van der Waals surface area (Å²) in [4.78, 5) is 12.2. The van der Waals surface area contributed by atoms with Crippen molar-refractivity contribution >= 4 is 21.8 Å². The maximum atomic E-state index is 12.2. The minimum absolute atomic E-state index is 0.0123. The third kappa shape index (κ3) is 2.34. The van der Waals surface area contributed by atoms with Gasteiger partial charge in [-0.3, -0.25) is 4.79 Å². The maximum Gasteiger partial charge on any atom is 0.287 e. The Kier molecular flexibility index (Phi) is 3.22. The lowest BCUT2D eigenvalue weighted by molar-refractivity contribution is 0.0902. The first-order chi connectivity index (χ1) is 9.15. The Bertz CT molecular complexity index is 614. The quantitative estimate of drug-likeness (QED) is 0.915. The highest BCUT2D eigenvalue weighted by Crippen LogP contribution is 2.31. The van der Waals surface area contributed by atoms with Crippen molar-refractivity contribution in [2.45, 2.75) is 32.2 Å². The predicted molar refractivity (Wildman–Crippen MR) is 73.0 cm³/mol. The highest BCUT2D eigenvalue weighted by Gasteiger charge is 2.26. The predicted octanol–water partition coefficient (Wildman–Crippen LogP) is 3.75. The highest BCUT2D eigenvalue weighted by molar-refractivity contribution is 9.10. The van der Waals surface area contributed by atoms with E-state index < -0.39 is 0 Å². The van der Waals surface area contributed by atoms with Gasteiger partial charge in [0.2, 0.25) is 0 Å². The van der Waals surface area contributed by atoms with Gasteiger partial charge in [-0.1, -0.05) is 0 Å². The Balaban J connectivity index is 1.80. The molecule has 1 aliphatic rings. The second-order valence-electron chi connectivity index (χ2n) is 4.78. The van der Waals surface area contributed by atoms with Crippen molar-refractivity contribution in [3.63, 3.8) is 0 Å². The van der Waals surface area contributed by atoms with E-state index >= 15 is 0 Å². The van der Waals surface area contributed by atoms with Gasteiger partial charge in [0.05, 0.1) is 12.3 Å². The lowest BCUT2D eigenvalue weighted by Crippen LogP contribution is -2.30. The molecular formula is C14H14BrNO3. The molecule has 0 aliphatic heterocycles. The summed E-state index contributed by atoms with van der Waals surface area (Å²) in [5.41, 5.74) is 1.91. The highest BCUT2D eigenvalue weighted by atomic mass is 79.9. The van der Waals surface area contributed by atoms with Crippen LogP contribution < -0.4 is 5.32 Å². The summed E-state index contributed by atoms with van der Waals surface area (Å²) < 4.78 is 11.4. The van der Waals surface area contributed by atoms with E-state index in [4.69, 9.17) is 8.83 Å². The zero-order valence-corrected chi connectivity index (χ0v) is 12.1. The van der Waals surface area contributed by atoms with E-state index in [0.717, 1.165) is 36.1 Å². The van der Waals surface area contributed by atoms with E-state index in [9.17, 15) is 4.79 Å². The van der Waals surface area contributed by atoms with Crippen molar-refractivity contribution in [2.75, 3.05) is 0 Å². The average molecular weight is 324 g/mol. The molecule has 0 radical (unpaired) electrons. The zero-order valence-electron chi connectivity index (χ0n) is 10.5. The average Bonchev–Trinajstić information content (AvgIpc) is 2.96. The number of furan rings is 2. The van der Waals surface area contributed by atoms with Gasteiger partial charge < -0.3 is 14.2 Å².